The summed E-state index contributed by atoms with van der Waals surface area (Å²) >= 11 is 0. The Morgan fingerprint density at radius 2 is 1.79 bits per heavy atom. The molecule has 1 spiro atoms. The lowest BCUT2D eigenvalue weighted by Gasteiger charge is -2.41. The average Bonchev–Trinajstić information content (AvgIpc) is 2.85. The van der Waals surface area contributed by atoms with Crippen LogP contribution in [0.2, 0.25) is 0 Å². The van der Waals surface area contributed by atoms with E-state index in [1.165, 1.54) is 24.0 Å². The van der Waals surface area contributed by atoms with Crippen LogP contribution in [0.3, 0.4) is 0 Å². The molecule has 1 N–H and O–H groups in total. The summed E-state index contributed by atoms with van der Waals surface area (Å²) in [6.07, 6.45) is 10.1. The smallest absolute Gasteiger partial charge is 0.00957 e. The lowest BCUT2D eigenvalue weighted by atomic mass is 9.65. The molecule has 2 unspecified atom stereocenters. The zero-order valence-electron chi connectivity index (χ0n) is 15.6. The Morgan fingerprint density at radius 3 is 2.46 bits per heavy atom. The largest absolute Gasteiger partial charge is 0.317 e. The van der Waals surface area contributed by atoms with Crippen molar-refractivity contribution >= 4 is 0 Å². The molecule has 0 radical (unpaired) electrons. The summed E-state index contributed by atoms with van der Waals surface area (Å²) in [4.78, 5) is 0. The molecule has 128 valence electrons. The van der Waals surface area contributed by atoms with Crippen LogP contribution in [-0.4, -0.2) is 13.1 Å². The maximum absolute atomic E-state index is 3.59. The van der Waals surface area contributed by atoms with Gasteiger partial charge in [0.25, 0.3) is 0 Å². The van der Waals surface area contributed by atoms with Crippen molar-refractivity contribution in [3.8, 4) is 0 Å². The summed E-state index contributed by atoms with van der Waals surface area (Å²) in [5, 5.41) is 3.59. The fraction of sp³-hybridized carbons (Fsp3) is 0.565. The topological polar surface area (TPSA) is 12.0 Å². The first kappa shape index (κ1) is 16.1. The molecule has 0 amide bonds. The Labute approximate surface area is 147 Å². The molecule has 1 fully saturated rings. The number of nitrogens with one attached hydrogen (secondary N) is 1. The molecule has 0 saturated carbocycles. The number of hydrogen-bond donors (Lipinski definition) is 1. The molecule has 1 heteroatoms. The second-order valence-electron chi connectivity index (χ2n) is 8.64. The van der Waals surface area contributed by atoms with Crippen LogP contribution in [0, 0.1) is 11.8 Å². The quantitative estimate of drug-likeness (QED) is 0.779. The molecule has 1 aromatic carbocycles. The van der Waals surface area contributed by atoms with Gasteiger partial charge in [-0.05, 0) is 65.9 Å². The number of fused-ring (bicyclic) bond motifs is 5. The van der Waals surface area contributed by atoms with E-state index in [1.54, 1.807) is 11.1 Å². The van der Waals surface area contributed by atoms with Crippen molar-refractivity contribution in [3.05, 3.63) is 58.7 Å². The Bertz CT molecular complexity index is 686. The number of benzene rings is 1. The monoisotopic (exact) mass is 321 g/mol. The van der Waals surface area contributed by atoms with Gasteiger partial charge in [0, 0.05) is 11.3 Å². The third-order valence-electron chi connectivity index (χ3n) is 6.69. The van der Waals surface area contributed by atoms with E-state index in [4.69, 9.17) is 0 Å². The second kappa shape index (κ2) is 5.88. The lowest BCUT2D eigenvalue weighted by Crippen LogP contribution is -2.43. The molecule has 1 aliphatic heterocycles. The van der Waals surface area contributed by atoms with Gasteiger partial charge in [-0.1, -0.05) is 64.1 Å². The van der Waals surface area contributed by atoms with Gasteiger partial charge in [0.2, 0.25) is 0 Å². The van der Waals surface area contributed by atoms with E-state index in [0.29, 0.717) is 29.1 Å². The molecule has 0 aromatic heterocycles. The van der Waals surface area contributed by atoms with Gasteiger partial charge in [0.1, 0.15) is 0 Å². The summed E-state index contributed by atoms with van der Waals surface area (Å²) in [5.74, 6) is 2.46. The molecule has 0 bridgehead atoms. The molecule has 4 rings (SSSR count). The minimum atomic E-state index is 0.348. The number of rotatable bonds is 2. The van der Waals surface area contributed by atoms with Crippen molar-refractivity contribution in [1.29, 1.82) is 0 Å². The zero-order chi connectivity index (χ0) is 16.9. The molecule has 24 heavy (non-hydrogen) atoms. The van der Waals surface area contributed by atoms with E-state index in [-0.39, 0.29) is 0 Å². The number of allylic oxidation sites excluding steroid dienone is 4. The van der Waals surface area contributed by atoms with Crippen LogP contribution in [-0.2, 0) is 5.41 Å². The second-order valence-corrected chi connectivity index (χ2v) is 8.64. The van der Waals surface area contributed by atoms with Crippen LogP contribution >= 0.6 is 0 Å². The standard InChI is InChI=1S/C23H31N/c1-15(2)17-5-7-19-20-8-6-18(16(3)4)14-22(20)23(21(19)13-17)9-11-24-12-10-23/h5-8,13-16,19,21,24H,9-12H2,1-4H3. The SMILES string of the molecule is CC(C)C1=CC2C(C=C1)c1ccc(C(C)C)cc1C21CCNCC1. The molecule has 1 saturated heterocycles. The summed E-state index contributed by atoms with van der Waals surface area (Å²) in [5.41, 5.74) is 6.65. The number of piperidine rings is 1. The van der Waals surface area contributed by atoms with Crippen LogP contribution in [0.4, 0.5) is 0 Å². The molecule has 3 aliphatic rings. The minimum Gasteiger partial charge on any atom is -0.317 e. The normalized spacial score (nSPS) is 27.5. The van der Waals surface area contributed by atoms with Crippen molar-refractivity contribution in [2.45, 2.75) is 57.8 Å². The predicted molar refractivity (Wildman–Crippen MR) is 103 cm³/mol. The lowest BCUT2D eigenvalue weighted by molar-refractivity contribution is 0.244. The third-order valence-corrected chi connectivity index (χ3v) is 6.69. The first-order chi connectivity index (χ1) is 11.5. The first-order valence-electron chi connectivity index (χ1n) is 9.78. The molecule has 2 aliphatic carbocycles. The van der Waals surface area contributed by atoms with E-state index in [0.717, 1.165) is 13.1 Å². The highest BCUT2D eigenvalue weighted by atomic mass is 14.9. The Morgan fingerprint density at radius 1 is 1.04 bits per heavy atom. The summed E-state index contributed by atoms with van der Waals surface area (Å²) in [7, 11) is 0. The van der Waals surface area contributed by atoms with Crippen molar-refractivity contribution in [1.82, 2.24) is 5.32 Å². The van der Waals surface area contributed by atoms with Crippen molar-refractivity contribution in [2.24, 2.45) is 11.8 Å². The van der Waals surface area contributed by atoms with Gasteiger partial charge in [0.15, 0.2) is 0 Å². The summed E-state index contributed by atoms with van der Waals surface area (Å²) in [6.45, 7) is 11.6. The van der Waals surface area contributed by atoms with E-state index in [9.17, 15) is 0 Å². The molecule has 1 nitrogen and oxygen atoms in total. The summed E-state index contributed by atoms with van der Waals surface area (Å²) < 4.78 is 0. The van der Waals surface area contributed by atoms with Crippen molar-refractivity contribution in [3.63, 3.8) is 0 Å². The predicted octanol–water partition coefficient (Wildman–Crippen LogP) is 5.30. The number of hydrogen-bond acceptors (Lipinski definition) is 1. The van der Waals surface area contributed by atoms with E-state index < -0.39 is 0 Å². The van der Waals surface area contributed by atoms with Crippen LogP contribution in [0.25, 0.3) is 0 Å². The van der Waals surface area contributed by atoms with Gasteiger partial charge in [0.05, 0.1) is 0 Å². The van der Waals surface area contributed by atoms with Crippen LogP contribution < -0.4 is 5.32 Å². The first-order valence-corrected chi connectivity index (χ1v) is 9.78. The molecule has 1 aromatic rings. The van der Waals surface area contributed by atoms with Gasteiger partial charge >= 0.3 is 0 Å². The minimum absolute atomic E-state index is 0.348. The van der Waals surface area contributed by atoms with Gasteiger partial charge < -0.3 is 5.32 Å². The average molecular weight is 322 g/mol. The van der Waals surface area contributed by atoms with Crippen molar-refractivity contribution < 1.29 is 0 Å². The van der Waals surface area contributed by atoms with Crippen molar-refractivity contribution in [2.75, 3.05) is 13.1 Å². The molecular weight excluding hydrogens is 290 g/mol. The molecule has 1 heterocycles. The maximum Gasteiger partial charge on any atom is 0.00957 e. The zero-order valence-corrected chi connectivity index (χ0v) is 15.6. The van der Waals surface area contributed by atoms with Gasteiger partial charge in [-0.2, -0.15) is 0 Å². The van der Waals surface area contributed by atoms with E-state index in [1.807, 2.05) is 0 Å². The van der Waals surface area contributed by atoms with Gasteiger partial charge in [-0.3, -0.25) is 0 Å². The van der Waals surface area contributed by atoms with E-state index >= 15 is 0 Å². The highest BCUT2D eigenvalue weighted by Gasteiger charge is 2.51. The highest BCUT2D eigenvalue weighted by Crippen LogP contribution is 2.58. The van der Waals surface area contributed by atoms with Gasteiger partial charge in [-0.15, -0.1) is 0 Å². The maximum atomic E-state index is 3.59. The summed E-state index contributed by atoms with van der Waals surface area (Å²) in [6, 6.07) is 7.37. The Kier molecular flexibility index (Phi) is 3.95. The van der Waals surface area contributed by atoms with Crippen LogP contribution in [0.1, 0.15) is 69.1 Å². The van der Waals surface area contributed by atoms with E-state index in [2.05, 4.69) is 69.4 Å². The molecular formula is C23H31N. The van der Waals surface area contributed by atoms with Gasteiger partial charge in [-0.25, -0.2) is 0 Å². The van der Waals surface area contributed by atoms with Crippen LogP contribution in [0.15, 0.2) is 42.0 Å². The third kappa shape index (κ3) is 2.32. The Hall–Kier alpha value is -1.34. The fourth-order valence-electron chi connectivity index (χ4n) is 5.20. The Balaban J connectivity index is 1.86. The molecule has 2 atom stereocenters. The van der Waals surface area contributed by atoms with Crippen LogP contribution in [0.5, 0.6) is 0 Å². The fourth-order valence-corrected chi connectivity index (χ4v) is 5.20. The highest BCUT2D eigenvalue weighted by molar-refractivity contribution is 5.53.